The summed E-state index contributed by atoms with van der Waals surface area (Å²) < 4.78 is 5.28. The third-order valence-corrected chi connectivity index (χ3v) is 2.55. The number of carbonyl (C=O) groups is 2. The largest absolute Gasteiger partial charge is 0.444 e. The molecule has 0 unspecified atom stereocenters. The van der Waals surface area contributed by atoms with Crippen LogP contribution >= 0.6 is 0 Å². The number of aldehydes is 1. The first kappa shape index (κ1) is 13.0. The molecule has 0 spiro atoms. The van der Waals surface area contributed by atoms with Crippen LogP contribution in [0.2, 0.25) is 0 Å². The number of likely N-dealkylation sites (tertiary alicyclic amines) is 1. The van der Waals surface area contributed by atoms with Gasteiger partial charge in [0.05, 0.1) is 6.04 Å². The lowest BCUT2D eigenvalue weighted by molar-refractivity contribution is -0.111. The van der Waals surface area contributed by atoms with Crippen LogP contribution in [0.15, 0.2) is 0 Å². The molecule has 0 aliphatic carbocycles. The van der Waals surface area contributed by atoms with Crippen LogP contribution in [0.3, 0.4) is 0 Å². The van der Waals surface area contributed by atoms with Crippen molar-refractivity contribution in [3.05, 3.63) is 0 Å². The van der Waals surface area contributed by atoms with E-state index < -0.39 is 11.7 Å². The predicted octanol–water partition coefficient (Wildman–Crippen LogP) is 2.22. The molecule has 4 nitrogen and oxygen atoms in total. The number of amides is 1. The summed E-state index contributed by atoms with van der Waals surface area (Å²) in [5.41, 5.74) is -0.528. The first-order valence-electron chi connectivity index (χ1n) is 5.59. The topological polar surface area (TPSA) is 46.6 Å². The quantitative estimate of drug-likeness (QED) is 0.645. The highest BCUT2D eigenvalue weighted by Gasteiger charge is 2.41. The van der Waals surface area contributed by atoms with E-state index >= 15 is 0 Å². The van der Waals surface area contributed by atoms with Gasteiger partial charge in [-0.2, -0.15) is 0 Å². The maximum absolute atomic E-state index is 11.9. The standard InChI is InChI=1S/C12H21NO3/c1-11(2,3)16-10(15)13-8-12(4,5)6-9(13)7-14/h7,9H,6,8H2,1-5H3/t9-/m0/s1. The molecule has 1 rings (SSSR count). The van der Waals surface area contributed by atoms with Crippen LogP contribution in [0.4, 0.5) is 4.79 Å². The van der Waals surface area contributed by atoms with Crippen LogP contribution in [0, 0.1) is 5.41 Å². The lowest BCUT2D eigenvalue weighted by Crippen LogP contribution is -2.40. The Kier molecular flexibility index (Phi) is 3.31. The van der Waals surface area contributed by atoms with E-state index in [1.165, 1.54) is 4.90 Å². The summed E-state index contributed by atoms with van der Waals surface area (Å²) in [5, 5.41) is 0. The number of ether oxygens (including phenoxy) is 1. The minimum absolute atomic E-state index is 0.0114. The third-order valence-electron chi connectivity index (χ3n) is 2.55. The summed E-state index contributed by atoms with van der Waals surface area (Å²) in [6.07, 6.45) is 1.14. The molecule has 1 amide bonds. The normalized spacial score (nSPS) is 24.3. The Bertz CT molecular complexity index is 291. The van der Waals surface area contributed by atoms with E-state index in [0.29, 0.717) is 13.0 Å². The molecule has 1 atom stereocenters. The number of hydrogen-bond acceptors (Lipinski definition) is 3. The van der Waals surface area contributed by atoms with Gasteiger partial charge in [-0.15, -0.1) is 0 Å². The summed E-state index contributed by atoms with van der Waals surface area (Å²) in [6, 6.07) is -0.343. The highest BCUT2D eigenvalue weighted by Crippen LogP contribution is 2.33. The van der Waals surface area contributed by atoms with E-state index in [2.05, 4.69) is 0 Å². The fraction of sp³-hybridized carbons (Fsp3) is 0.833. The number of carbonyl (C=O) groups excluding carboxylic acids is 2. The summed E-state index contributed by atoms with van der Waals surface area (Å²) in [6.45, 7) is 10.1. The summed E-state index contributed by atoms with van der Waals surface area (Å²) >= 11 is 0. The van der Waals surface area contributed by atoms with E-state index in [1.807, 2.05) is 34.6 Å². The Balaban J connectivity index is 2.72. The van der Waals surface area contributed by atoms with E-state index in [9.17, 15) is 9.59 Å². The lowest BCUT2D eigenvalue weighted by Gasteiger charge is -2.26. The lowest BCUT2D eigenvalue weighted by atomic mass is 9.91. The molecule has 0 N–H and O–H groups in total. The van der Waals surface area contributed by atoms with Crippen molar-refractivity contribution in [3.63, 3.8) is 0 Å². The average molecular weight is 227 g/mol. The van der Waals surface area contributed by atoms with Crippen molar-refractivity contribution in [3.8, 4) is 0 Å². The van der Waals surface area contributed by atoms with Crippen molar-refractivity contribution in [1.82, 2.24) is 4.90 Å². The molecule has 0 bridgehead atoms. The van der Waals surface area contributed by atoms with Gasteiger partial charge in [0, 0.05) is 6.54 Å². The van der Waals surface area contributed by atoms with Gasteiger partial charge in [0.25, 0.3) is 0 Å². The fourth-order valence-corrected chi connectivity index (χ4v) is 1.96. The molecule has 92 valence electrons. The summed E-state index contributed by atoms with van der Waals surface area (Å²) in [5.74, 6) is 0. The van der Waals surface area contributed by atoms with Crippen molar-refractivity contribution in [1.29, 1.82) is 0 Å². The third kappa shape index (κ3) is 3.22. The zero-order chi connectivity index (χ0) is 12.6. The molecule has 1 aliphatic heterocycles. The monoisotopic (exact) mass is 227 g/mol. The van der Waals surface area contributed by atoms with Crippen LogP contribution in [-0.2, 0) is 9.53 Å². The van der Waals surface area contributed by atoms with Gasteiger partial charge < -0.3 is 9.53 Å². The predicted molar refractivity (Wildman–Crippen MR) is 61.2 cm³/mol. The highest BCUT2D eigenvalue weighted by molar-refractivity contribution is 5.74. The van der Waals surface area contributed by atoms with E-state index in [1.54, 1.807) is 0 Å². The molecule has 0 aromatic heterocycles. The van der Waals surface area contributed by atoms with Gasteiger partial charge >= 0.3 is 6.09 Å². The fourth-order valence-electron chi connectivity index (χ4n) is 1.96. The second-order valence-electron chi connectivity index (χ2n) is 6.18. The summed E-state index contributed by atoms with van der Waals surface area (Å²) in [7, 11) is 0. The van der Waals surface area contributed by atoms with Crippen molar-refractivity contribution < 1.29 is 14.3 Å². The van der Waals surface area contributed by atoms with Crippen LogP contribution in [0.1, 0.15) is 41.0 Å². The van der Waals surface area contributed by atoms with Crippen molar-refractivity contribution in [2.24, 2.45) is 5.41 Å². The van der Waals surface area contributed by atoms with Crippen LogP contribution in [-0.4, -0.2) is 35.5 Å². The van der Waals surface area contributed by atoms with Crippen molar-refractivity contribution in [2.75, 3.05) is 6.54 Å². The molecule has 1 heterocycles. The van der Waals surface area contributed by atoms with Gasteiger partial charge in [-0.25, -0.2) is 4.79 Å². The Morgan fingerprint density at radius 2 is 2.00 bits per heavy atom. The molecule has 16 heavy (non-hydrogen) atoms. The second-order valence-corrected chi connectivity index (χ2v) is 6.18. The van der Waals surface area contributed by atoms with E-state index in [4.69, 9.17) is 4.74 Å². The van der Waals surface area contributed by atoms with E-state index in [0.717, 1.165) is 6.29 Å². The molecular formula is C12H21NO3. The molecule has 1 aliphatic rings. The smallest absolute Gasteiger partial charge is 0.410 e. The van der Waals surface area contributed by atoms with Gasteiger partial charge in [0.1, 0.15) is 11.9 Å². The SMILES string of the molecule is CC1(C)C[C@@H](C=O)N(C(=O)OC(C)(C)C)C1. The molecule has 0 radical (unpaired) electrons. The molecule has 1 saturated heterocycles. The molecule has 1 fully saturated rings. The minimum atomic E-state index is -0.517. The van der Waals surface area contributed by atoms with Gasteiger partial charge in [-0.3, -0.25) is 4.90 Å². The van der Waals surface area contributed by atoms with Gasteiger partial charge in [0.2, 0.25) is 0 Å². The van der Waals surface area contributed by atoms with Crippen molar-refractivity contribution >= 4 is 12.4 Å². The zero-order valence-corrected chi connectivity index (χ0v) is 10.7. The van der Waals surface area contributed by atoms with Crippen molar-refractivity contribution in [2.45, 2.75) is 52.7 Å². The Labute approximate surface area is 96.9 Å². The second kappa shape index (κ2) is 4.07. The number of hydrogen-bond donors (Lipinski definition) is 0. The minimum Gasteiger partial charge on any atom is -0.444 e. The first-order chi connectivity index (χ1) is 7.14. The van der Waals surface area contributed by atoms with Crippen LogP contribution in [0.25, 0.3) is 0 Å². The highest BCUT2D eigenvalue weighted by atomic mass is 16.6. The number of nitrogens with zero attached hydrogens (tertiary/aromatic N) is 1. The Morgan fingerprint density at radius 1 is 1.44 bits per heavy atom. The van der Waals surface area contributed by atoms with E-state index in [-0.39, 0.29) is 11.5 Å². The van der Waals surface area contributed by atoms with Gasteiger partial charge in [-0.1, -0.05) is 13.8 Å². The molecule has 0 saturated carbocycles. The summed E-state index contributed by atoms with van der Waals surface area (Å²) in [4.78, 5) is 24.3. The first-order valence-corrected chi connectivity index (χ1v) is 5.59. The van der Waals surface area contributed by atoms with Gasteiger partial charge in [-0.05, 0) is 32.6 Å². The number of rotatable bonds is 1. The maximum Gasteiger partial charge on any atom is 0.410 e. The molecular weight excluding hydrogens is 206 g/mol. The molecule has 0 aromatic rings. The Hall–Kier alpha value is -1.06. The Morgan fingerprint density at radius 3 is 2.44 bits per heavy atom. The molecule has 0 aromatic carbocycles. The van der Waals surface area contributed by atoms with Crippen LogP contribution in [0.5, 0.6) is 0 Å². The van der Waals surface area contributed by atoms with Gasteiger partial charge in [0.15, 0.2) is 0 Å². The maximum atomic E-state index is 11.9. The zero-order valence-electron chi connectivity index (χ0n) is 10.7. The average Bonchev–Trinajstić information content (AvgIpc) is 2.38. The molecule has 4 heteroatoms. The van der Waals surface area contributed by atoms with Crippen LogP contribution < -0.4 is 0 Å².